The lowest BCUT2D eigenvalue weighted by atomic mass is 9.93. The van der Waals surface area contributed by atoms with E-state index in [2.05, 4.69) is 16.0 Å². The standard InChI is InChI=1S/C21H31N3O2/c25-20(9-8-16-10-12-22-13-11-16)23-15-17-4-3-7-19(14-17)24-21(26)18-5-1-2-6-18/h3-4,7,14,16,18,22H,1-2,5-6,8-13,15H2,(H,23,25)(H,24,26). The first-order chi connectivity index (χ1) is 12.7. The molecule has 0 radical (unpaired) electrons. The quantitative estimate of drug-likeness (QED) is 0.702. The van der Waals surface area contributed by atoms with Crippen molar-refractivity contribution in [1.82, 2.24) is 10.6 Å². The fourth-order valence-electron chi connectivity index (χ4n) is 3.99. The first-order valence-corrected chi connectivity index (χ1v) is 10.1. The third-order valence-corrected chi connectivity index (χ3v) is 5.65. The predicted octanol–water partition coefficient (Wildman–Crippen LogP) is 3.21. The lowest BCUT2D eigenvalue weighted by Gasteiger charge is -2.22. The molecule has 2 fully saturated rings. The van der Waals surface area contributed by atoms with Gasteiger partial charge < -0.3 is 16.0 Å². The molecule has 0 bridgehead atoms. The monoisotopic (exact) mass is 357 g/mol. The molecule has 1 heterocycles. The number of carbonyl (C=O) groups is 2. The Hall–Kier alpha value is -1.88. The zero-order chi connectivity index (χ0) is 18.2. The Morgan fingerprint density at radius 2 is 1.85 bits per heavy atom. The Morgan fingerprint density at radius 1 is 1.08 bits per heavy atom. The van der Waals surface area contributed by atoms with Gasteiger partial charge >= 0.3 is 0 Å². The van der Waals surface area contributed by atoms with Gasteiger partial charge in [0.1, 0.15) is 0 Å². The van der Waals surface area contributed by atoms with Gasteiger partial charge in [-0.15, -0.1) is 0 Å². The van der Waals surface area contributed by atoms with E-state index in [0.29, 0.717) is 18.9 Å². The summed E-state index contributed by atoms with van der Waals surface area (Å²) in [5, 5.41) is 9.38. The molecule has 2 amide bonds. The maximum Gasteiger partial charge on any atom is 0.227 e. The van der Waals surface area contributed by atoms with Crippen LogP contribution in [0.2, 0.25) is 0 Å². The first-order valence-electron chi connectivity index (χ1n) is 10.1. The van der Waals surface area contributed by atoms with Crippen molar-refractivity contribution in [2.45, 2.75) is 57.9 Å². The minimum atomic E-state index is 0.115. The molecular weight excluding hydrogens is 326 g/mol. The summed E-state index contributed by atoms with van der Waals surface area (Å²) in [6.45, 7) is 2.66. The summed E-state index contributed by atoms with van der Waals surface area (Å²) in [4.78, 5) is 24.3. The molecule has 5 heteroatoms. The predicted molar refractivity (Wildman–Crippen MR) is 104 cm³/mol. The number of rotatable bonds is 7. The van der Waals surface area contributed by atoms with Crippen LogP contribution in [0.3, 0.4) is 0 Å². The van der Waals surface area contributed by atoms with Crippen LogP contribution in [0.1, 0.15) is 56.9 Å². The van der Waals surface area contributed by atoms with E-state index in [4.69, 9.17) is 0 Å². The normalized spacial score (nSPS) is 18.6. The maximum atomic E-state index is 12.2. The zero-order valence-corrected chi connectivity index (χ0v) is 15.6. The number of benzene rings is 1. The van der Waals surface area contributed by atoms with Crippen molar-refractivity contribution in [3.05, 3.63) is 29.8 Å². The third-order valence-electron chi connectivity index (χ3n) is 5.65. The maximum absolute atomic E-state index is 12.2. The second-order valence-electron chi connectivity index (χ2n) is 7.68. The largest absolute Gasteiger partial charge is 0.352 e. The van der Waals surface area contributed by atoms with E-state index < -0.39 is 0 Å². The fourth-order valence-corrected chi connectivity index (χ4v) is 3.99. The highest BCUT2D eigenvalue weighted by Crippen LogP contribution is 2.26. The molecule has 5 nitrogen and oxygen atoms in total. The van der Waals surface area contributed by atoms with Gasteiger partial charge in [0.25, 0.3) is 0 Å². The number of amides is 2. The lowest BCUT2D eigenvalue weighted by Crippen LogP contribution is -2.29. The van der Waals surface area contributed by atoms with Gasteiger partial charge in [-0.3, -0.25) is 9.59 Å². The molecular formula is C21H31N3O2. The van der Waals surface area contributed by atoms with E-state index >= 15 is 0 Å². The van der Waals surface area contributed by atoms with Crippen LogP contribution in [0, 0.1) is 11.8 Å². The van der Waals surface area contributed by atoms with Gasteiger partial charge in [-0.05, 0) is 68.8 Å². The highest BCUT2D eigenvalue weighted by Gasteiger charge is 2.22. The summed E-state index contributed by atoms with van der Waals surface area (Å²) in [5.41, 5.74) is 1.84. The van der Waals surface area contributed by atoms with E-state index in [-0.39, 0.29) is 17.7 Å². The Balaban J connectivity index is 1.41. The van der Waals surface area contributed by atoms with Crippen molar-refractivity contribution in [2.75, 3.05) is 18.4 Å². The Morgan fingerprint density at radius 3 is 2.62 bits per heavy atom. The van der Waals surface area contributed by atoms with Gasteiger partial charge in [-0.2, -0.15) is 0 Å². The summed E-state index contributed by atoms with van der Waals surface area (Å²) in [5.74, 6) is 1.08. The summed E-state index contributed by atoms with van der Waals surface area (Å²) in [7, 11) is 0. The SMILES string of the molecule is O=C(CCC1CCNCC1)NCc1cccc(NC(=O)C2CCCC2)c1. The lowest BCUT2D eigenvalue weighted by molar-refractivity contribution is -0.121. The van der Waals surface area contributed by atoms with Crippen LogP contribution in [0.15, 0.2) is 24.3 Å². The molecule has 0 aromatic heterocycles. The van der Waals surface area contributed by atoms with Gasteiger partial charge in [-0.25, -0.2) is 0 Å². The van der Waals surface area contributed by atoms with Gasteiger partial charge in [-0.1, -0.05) is 25.0 Å². The van der Waals surface area contributed by atoms with Crippen LogP contribution in [-0.2, 0) is 16.1 Å². The first kappa shape index (κ1) is 18.9. The molecule has 0 unspecified atom stereocenters. The molecule has 3 N–H and O–H groups in total. The molecule has 0 atom stereocenters. The fraction of sp³-hybridized carbons (Fsp3) is 0.619. The minimum absolute atomic E-state index is 0.115. The molecule has 0 spiro atoms. The van der Waals surface area contributed by atoms with Gasteiger partial charge in [0.15, 0.2) is 0 Å². The second kappa shape index (κ2) is 9.72. The Kier molecular flexibility index (Phi) is 7.06. The van der Waals surface area contributed by atoms with Gasteiger partial charge in [0.05, 0.1) is 0 Å². The van der Waals surface area contributed by atoms with Crippen LogP contribution in [0.25, 0.3) is 0 Å². The van der Waals surface area contributed by atoms with Crippen molar-refractivity contribution in [3.8, 4) is 0 Å². The van der Waals surface area contributed by atoms with Crippen molar-refractivity contribution >= 4 is 17.5 Å². The van der Waals surface area contributed by atoms with E-state index in [9.17, 15) is 9.59 Å². The highest BCUT2D eigenvalue weighted by molar-refractivity contribution is 5.92. The van der Waals surface area contributed by atoms with Crippen molar-refractivity contribution < 1.29 is 9.59 Å². The van der Waals surface area contributed by atoms with Gasteiger partial charge in [0.2, 0.25) is 11.8 Å². The van der Waals surface area contributed by atoms with Crippen LogP contribution in [0.5, 0.6) is 0 Å². The Bertz CT molecular complexity index is 605. The van der Waals surface area contributed by atoms with Crippen LogP contribution >= 0.6 is 0 Å². The molecule has 1 saturated heterocycles. The van der Waals surface area contributed by atoms with Crippen LogP contribution in [0.4, 0.5) is 5.69 Å². The number of carbonyl (C=O) groups excluding carboxylic acids is 2. The topological polar surface area (TPSA) is 70.2 Å². The summed E-state index contributed by atoms with van der Waals surface area (Å²) < 4.78 is 0. The number of nitrogens with one attached hydrogen (secondary N) is 3. The van der Waals surface area contributed by atoms with E-state index in [1.807, 2.05) is 24.3 Å². The summed E-state index contributed by atoms with van der Waals surface area (Å²) >= 11 is 0. The number of piperidine rings is 1. The zero-order valence-electron chi connectivity index (χ0n) is 15.6. The second-order valence-corrected chi connectivity index (χ2v) is 7.68. The van der Waals surface area contributed by atoms with E-state index in [1.54, 1.807) is 0 Å². The number of anilines is 1. The average Bonchev–Trinajstić information content (AvgIpc) is 3.21. The third kappa shape index (κ3) is 5.84. The highest BCUT2D eigenvalue weighted by atomic mass is 16.2. The minimum Gasteiger partial charge on any atom is -0.352 e. The molecule has 1 aliphatic carbocycles. The Labute approximate surface area is 156 Å². The van der Waals surface area contributed by atoms with Gasteiger partial charge in [0, 0.05) is 24.6 Å². The molecule has 1 aromatic carbocycles. The van der Waals surface area contributed by atoms with Crippen LogP contribution in [-0.4, -0.2) is 24.9 Å². The van der Waals surface area contributed by atoms with E-state index in [1.165, 1.54) is 12.8 Å². The van der Waals surface area contributed by atoms with Crippen molar-refractivity contribution in [1.29, 1.82) is 0 Å². The molecule has 2 aliphatic rings. The molecule has 26 heavy (non-hydrogen) atoms. The number of hydrogen-bond acceptors (Lipinski definition) is 3. The molecule has 1 saturated carbocycles. The average molecular weight is 357 g/mol. The molecule has 1 aromatic rings. The molecule has 142 valence electrons. The summed E-state index contributed by atoms with van der Waals surface area (Å²) in [6, 6.07) is 7.79. The molecule has 1 aliphatic heterocycles. The summed E-state index contributed by atoms with van der Waals surface area (Å²) in [6.07, 6.45) is 8.24. The molecule has 3 rings (SSSR count). The van der Waals surface area contributed by atoms with Crippen molar-refractivity contribution in [2.24, 2.45) is 11.8 Å². The number of hydrogen-bond donors (Lipinski definition) is 3. The van der Waals surface area contributed by atoms with Crippen molar-refractivity contribution in [3.63, 3.8) is 0 Å². The van der Waals surface area contributed by atoms with Crippen LogP contribution < -0.4 is 16.0 Å². The smallest absolute Gasteiger partial charge is 0.227 e. The van der Waals surface area contributed by atoms with E-state index in [0.717, 1.165) is 56.4 Å².